The molecule has 0 bridgehead atoms. The third kappa shape index (κ3) is 5.46. The Hall–Kier alpha value is -1.15. The molecule has 0 aromatic heterocycles. The highest BCUT2D eigenvalue weighted by molar-refractivity contribution is 9.11. The van der Waals surface area contributed by atoms with Gasteiger partial charge < -0.3 is 15.7 Å². The molecule has 0 saturated heterocycles. The summed E-state index contributed by atoms with van der Waals surface area (Å²) in [5.74, 6) is -0.144. The standard InChI is InChI=1S/C15H11Br2ClN2O2S/c16-11-6-10(7-12(17)14(11)22)19-15(23)20-13(21)5-8-1-3-9(18)4-2-8/h1-4,6-7,22H,5H2,(H2,19,20,21,23). The molecule has 0 aliphatic heterocycles. The lowest BCUT2D eigenvalue weighted by Crippen LogP contribution is -2.35. The zero-order valence-corrected chi connectivity index (χ0v) is 16.3. The van der Waals surface area contributed by atoms with Crippen molar-refractivity contribution in [1.29, 1.82) is 0 Å². The number of carbonyl (C=O) groups is 1. The van der Waals surface area contributed by atoms with Gasteiger partial charge in [0.05, 0.1) is 15.4 Å². The predicted molar refractivity (Wildman–Crippen MR) is 103 cm³/mol. The summed E-state index contributed by atoms with van der Waals surface area (Å²) in [6, 6.07) is 10.3. The molecule has 0 atom stereocenters. The van der Waals surface area contributed by atoms with Crippen LogP contribution in [0.1, 0.15) is 5.56 Å². The van der Waals surface area contributed by atoms with Gasteiger partial charge in [-0.25, -0.2) is 0 Å². The van der Waals surface area contributed by atoms with Crippen molar-refractivity contribution in [3.8, 4) is 5.75 Å². The Bertz CT molecular complexity index is 731. The minimum Gasteiger partial charge on any atom is -0.506 e. The smallest absolute Gasteiger partial charge is 0.230 e. The summed E-state index contributed by atoms with van der Waals surface area (Å²) in [6.45, 7) is 0. The van der Waals surface area contributed by atoms with Crippen LogP contribution in [-0.2, 0) is 11.2 Å². The van der Waals surface area contributed by atoms with Gasteiger partial charge in [0.2, 0.25) is 5.91 Å². The molecule has 1 amide bonds. The summed E-state index contributed by atoms with van der Waals surface area (Å²) in [7, 11) is 0. The normalized spacial score (nSPS) is 10.2. The number of anilines is 1. The van der Waals surface area contributed by atoms with E-state index in [0.29, 0.717) is 19.7 Å². The second-order valence-corrected chi connectivity index (χ2v) is 7.15. The summed E-state index contributed by atoms with van der Waals surface area (Å²) in [5.41, 5.74) is 1.46. The van der Waals surface area contributed by atoms with Crippen LogP contribution >= 0.6 is 55.7 Å². The monoisotopic (exact) mass is 476 g/mol. The van der Waals surface area contributed by atoms with E-state index in [1.165, 1.54) is 0 Å². The van der Waals surface area contributed by atoms with Gasteiger partial charge in [-0.1, -0.05) is 23.7 Å². The first kappa shape index (κ1) is 18.2. The number of carbonyl (C=O) groups excluding carboxylic acids is 1. The van der Waals surface area contributed by atoms with Gasteiger partial charge in [-0.05, 0) is 73.9 Å². The molecule has 2 aromatic carbocycles. The lowest BCUT2D eigenvalue weighted by Gasteiger charge is -2.11. The molecule has 3 N–H and O–H groups in total. The fourth-order valence-corrected chi connectivity index (χ4v) is 3.30. The van der Waals surface area contributed by atoms with E-state index in [1.54, 1.807) is 36.4 Å². The van der Waals surface area contributed by atoms with Crippen molar-refractivity contribution >= 4 is 72.4 Å². The van der Waals surface area contributed by atoms with Gasteiger partial charge in [0, 0.05) is 10.7 Å². The summed E-state index contributed by atoms with van der Waals surface area (Å²) in [5, 5.41) is 15.9. The third-order valence-electron chi connectivity index (χ3n) is 2.81. The maximum Gasteiger partial charge on any atom is 0.230 e. The summed E-state index contributed by atoms with van der Waals surface area (Å²) in [6.07, 6.45) is 0.196. The van der Waals surface area contributed by atoms with Crippen molar-refractivity contribution in [3.63, 3.8) is 0 Å². The first-order chi connectivity index (χ1) is 10.8. The van der Waals surface area contributed by atoms with Gasteiger partial charge in [0.15, 0.2) is 5.11 Å². The lowest BCUT2D eigenvalue weighted by atomic mass is 10.1. The quantitative estimate of drug-likeness (QED) is 0.445. The molecule has 0 aliphatic rings. The van der Waals surface area contributed by atoms with E-state index in [1.807, 2.05) is 0 Å². The number of phenols is 1. The zero-order chi connectivity index (χ0) is 17.0. The van der Waals surface area contributed by atoms with E-state index in [-0.39, 0.29) is 23.2 Å². The van der Waals surface area contributed by atoms with Gasteiger partial charge in [-0.3, -0.25) is 4.79 Å². The maximum absolute atomic E-state index is 12.0. The molecule has 23 heavy (non-hydrogen) atoms. The highest BCUT2D eigenvalue weighted by Gasteiger charge is 2.09. The van der Waals surface area contributed by atoms with Crippen molar-refractivity contribution < 1.29 is 9.90 Å². The van der Waals surface area contributed by atoms with Crippen molar-refractivity contribution in [2.24, 2.45) is 0 Å². The molecule has 2 aromatic rings. The summed E-state index contributed by atoms with van der Waals surface area (Å²) >= 11 is 17.4. The third-order valence-corrected chi connectivity index (χ3v) is 4.47. The average Bonchev–Trinajstić information content (AvgIpc) is 2.46. The van der Waals surface area contributed by atoms with E-state index in [4.69, 9.17) is 23.8 Å². The molecule has 0 heterocycles. The number of benzene rings is 2. The average molecular weight is 479 g/mol. The molecule has 4 nitrogen and oxygen atoms in total. The van der Waals surface area contributed by atoms with Gasteiger partial charge in [0.1, 0.15) is 5.75 Å². The zero-order valence-electron chi connectivity index (χ0n) is 11.6. The van der Waals surface area contributed by atoms with Crippen molar-refractivity contribution in [3.05, 3.63) is 55.9 Å². The highest BCUT2D eigenvalue weighted by Crippen LogP contribution is 2.35. The molecule has 0 radical (unpaired) electrons. The molecule has 8 heteroatoms. The lowest BCUT2D eigenvalue weighted by molar-refractivity contribution is -0.119. The molecular weight excluding hydrogens is 468 g/mol. The Balaban J connectivity index is 1.94. The molecule has 0 aliphatic carbocycles. The summed E-state index contributed by atoms with van der Waals surface area (Å²) < 4.78 is 1.01. The van der Waals surface area contributed by atoms with Crippen LogP contribution in [0, 0.1) is 0 Å². The van der Waals surface area contributed by atoms with Crippen LogP contribution in [0.3, 0.4) is 0 Å². The SMILES string of the molecule is O=C(Cc1ccc(Cl)cc1)NC(=S)Nc1cc(Br)c(O)c(Br)c1. The Morgan fingerprint density at radius 2 is 1.74 bits per heavy atom. The molecular formula is C15H11Br2ClN2O2S. The predicted octanol–water partition coefficient (Wildman–Crippen LogP) is 4.63. The number of phenolic OH excluding ortho intramolecular Hbond substituents is 1. The Labute approximate surface area is 160 Å². The number of thiocarbonyl (C=S) groups is 1. The molecule has 120 valence electrons. The van der Waals surface area contributed by atoms with E-state index < -0.39 is 0 Å². The number of nitrogens with one attached hydrogen (secondary N) is 2. The van der Waals surface area contributed by atoms with E-state index in [2.05, 4.69) is 42.5 Å². The molecule has 0 spiro atoms. The van der Waals surface area contributed by atoms with Crippen LogP contribution in [0.15, 0.2) is 45.3 Å². The fraction of sp³-hybridized carbons (Fsp3) is 0.0667. The highest BCUT2D eigenvalue weighted by atomic mass is 79.9. The van der Waals surface area contributed by atoms with Crippen molar-refractivity contribution in [2.45, 2.75) is 6.42 Å². The second-order valence-electron chi connectivity index (χ2n) is 4.59. The van der Waals surface area contributed by atoms with Crippen LogP contribution in [0.5, 0.6) is 5.75 Å². The van der Waals surface area contributed by atoms with Crippen molar-refractivity contribution in [1.82, 2.24) is 5.32 Å². The van der Waals surface area contributed by atoms with Gasteiger partial charge in [-0.15, -0.1) is 0 Å². The topological polar surface area (TPSA) is 61.4 Å². The van der Waals surface area contributed by atoms with E-state index >= 15 is 0 Å². The number of aromatic hydroxyl groups is 1. The van der Waals surface area contributed by atoms with Crippen LogP contribution < -0.4 is 10.6 Å². The largest absolute Gasteiger partial charge is 0.506 e. The van der Waals surface area contributed by atoms with E-state index in [0.717, 1.165) is 5.56 Å². The van der Waals surface area contributed by atoms with E-state index in [9.17, 15) is 9.90 Å². The van der Waals surface area contributed by atoms with Crippen LogP contribution in [0.25, 0.3) is 0 Å². The fourth-order valence-electron chi connectivity index (χ4n) is 1.76. The van der Waals surface area contributed by atoms with Crippen LogP contribution in [0.4, 0.5) is 5.69 Å². The number of hydrogen-bond donors (Lipinski definition) is 3. The van der Waals surface area contributed by atoms with Gasteiger partial charge in [0.25, 0.3) is 0 Å². The Morgan fingerprint density at radius 1 is 1.17 bits per heavy atom. The van der Waals surface area contributed by atoms with Crippen LogP contribution in [-0.4, -0.2) is 16.1 Å². The summed E-state index contributed by atoms with van der Waals surface area (Å²) in [4.78, 5) is 12.0. The Morgan fingerprint density at radius 3 is 2.30 bits per heavy atom. The molecule has 0 saturated carbocycles. The van der Waals surface area contributed by atoms with Gasteiger partial charge >= 0.3 is 0 Å². The first-order valence-electron chi connectivity index (χ1n) is 6.38. The molecule has 2 rings (SSSR count). The number of rotatable bonds is 3. The first-order valence-corrected chi connectivity index (χ1v) is 8.75. The minimum absolute atomic E-state index is 0.0910. The maximum atomic E-state index is 12.0. The Kier molecular flexibility index (Phi) is 6.41. The van der Waals surface area contributed by atoms with Crippen molar-refractivity contribution in [2.75, 3.05) is 5.32 Å². The second kappa shape index (κ2) is 8.10. The number of halogens is 3. The van der Waals surface area contributed by atoms with Crippen LogP contribution in [0.2, 0.25) is 5.02 Å². The minimum atomic E-state index is -0.235. The molecule has 0 fully saturated rings. The number of hydrogen-bond acceptors (Lipinski definition) is 3. The number of amides is 1. The van der Waals surface area contributed by atoms with Gasteiger partial charge in [-0.2, -0.15) is 0 Å². The molecule has 0 unspecified atom stereocenters.